The molecule has 4 heteroatoms. The van der Waals surface area contributed by atoms with Crippen molar-refractivity contribution in [2.24, 2.45) is 0 Å². The maximum atomic E-state index is 11.0. The standard InChI is InChI=1S/C13H18O4/c1-5-11(14)16-10-8-7-9-13(3,4)17-12(15)6-2/h5-8H,1-2,9-10H2,3-4H3. The monoisotopic (exact) mass is 238 g/mol. The molecular weight excluding hydrogens is 220 g/mol. The number of carbonyl (C=O) groups is 2. The summed E-state index contributed by atoms with van der Waals surface area (Å²) in [6.07, 6.45) is 6.22. The van der Waals surface area contributed by atoms with Gasteiger partial charge in [0, 0.05) is 18.6 Å². The lowest BCUT2D eigenvalue weighted by Crippen LogP contribution is -2.26. The largest absolute Gasteiger partial charge is 0.458 e. The van der Waals surface area contributed by atoms with E-state index in [0.29, 0.717) is 6.42 Å². The molecule has 0 N–H and O–H groups in total. The molecule has 0 radical (unpaired) electrons. The van der Waals surface area contributed by atoms with Crippen molar-refractivity contribution in [1.82, 2.24) is 0 Å². The first-order valence-electron chi connectivity index (χ1n) is 5.21. The van der Waals surface area contributed by atoms with E-state index in [2.05, 4.69) is 13.2 Å². The summed E-state index contributed by atoms with van der Waals surface area (Å²) in [7, 11) is 0. The van der Waals surface area contributed by atoms with Crippen molar-refractivity contribution in [2.75, 3.05) is 6.61 Å². The molecule has 0 heterocycles. The average molecular weight is 238 g/mol. The van der Waals surface area contributed by atoms with Crippen LogP contribution in [0.15, 0.2) is 37.5 Å². The highest BCUT2D eigenvalue weighted by molar-refractivity contribution is 5.81. The van der Waals surface area contributed by atoms with Gasteiger partial charge in [0.2, 0.25) is 0 Å². The van der Waals surface area contributed by atoms with E-state index in [1.165, 1.54) is 0 Å². The Hall–Kier alpha value is -1.84. The predicted molar refractivity (Wildman–Crippen MR) is 65.3 cm³/mol. The molecule has 0 aliphatic heterocycles. The van der Waals surface area contributed by atoms with Gasteiger partial charge in [0.15, 0.2) is 0 Å². The molecule has 94 valence electrons. The molecule has 0 atom stereocenters. The van der Waals surface area contributed by atoms with Gasteiger partial charge in [0.05, 0.1) is 0 Å². The number of ether oxygens (including phenoxy) is 2. The van der Waals surface area contributed by atoms with E-state index in [-0.39, 0.29) is 6.61 Å². The van der Waals surface area contributed by atoms with E-state index in [1.807, 2.05) is 0 Å². The van der Waals surface area contributed by atoms with Gasteiger partial charge in [-0.3, -0.25) is 0 Å². The lowest BCUT2D eigenvalue weighted by molar-refractivity contribution is -0.149. The summed E-state index contributed by atoms with van der Waals surface area (Å²) in [5.41, 5.74) is -0.607. The molecule has 0 aromatic rings. The van der Waals surface area contributed by atoms with Crippen molar-refractivity contribution in [1.29, 1.82) is 0 Å². The third kappa shape index (κ3) is 8.02. The lowest BCUT2D eigenvalue weighted by Gasteiger charge is -2.22. The van der Waals surface area contributed by atoms with Crippen LogP contribution in [-0.4, -0.2) is 24.1 Å². The van der Waals surface area contributed by atoms with Crippen LogP contribution in [0.4, 0.5) is 0 Å². The Balaban J connectivity index is 3.96. The first-order chi connectivity index (χ1) is 7.91. The van der Waals surface area contributed by atoms with Crippen LogP contribution in [0.2, 0.25) is 0 Å². The maximum Gasteiger partial charge on any atom is 0.330 e. The smallest absolute Gasteiger partial charge is 0.330 e. The van der Waals surface area contributed by atoms with Crippen LogP contribution in [0.3, 0.4) is 0 Å². The van der Waals surface area contributed by atoms with Crippen molar-refractivity contribution in [3.05, 3.63) is 37.5 Å². The minimum Gasteiger partial charge on any atom is -0.458 e. The van der Waals surface area contributed by atoms with Crippen molar-refractivity contribution in [3.63, 3.8) is 0 Å². The molecular formula is C13H18O4. The fraction of sp³-hybridized carbons (Fsp3) is 0.385. The van der Waals surface area contributed by atoms with E-state index in [4.69, 9.17) is 9.47 Å². The van der Waals surface area contributed by atoms with E-state index < -0.39 is 17.5 Å². The van der Waals surface area contributed by atoms with Crippen molar-refractivity contribution < 1.29 is 19.1 Å². The molecule has 0 bridgehead atoms. The highest BCUT2D eigenvalue weighted by Crippen LogP contribution is 2.15. The molecule has 0 saturated carbocycles. The summed E-state index contributed by atoms with van der Waals surface area (Å²) in [4.78, 5) is 21.7. The van der Waals surface area contributed by atoms with Gasteiger partial charge in [0.25, 0.3) is 0 Å². The number of rotatable bonds is 7. The maximum absolute atomic E-state index is 11.0. The average Bonchev–Trinajstić information content (AvgIpc) is 2.27. The van der Waals surface area contributed by atoms with E-state index >= 15 is 0 Å². The Morgan fingerprint density at radius 3 is 2.24 bits per heavy atom. The Kier molecular flexibility index (Phi) is 6.63. The van der Waals surface area contributed by atoms with Gasteiger partial charge in [-0.05, 0) is 13.8 Å². The lowest BCUT2D eigenvalue weighted by atomic mass is 10.1. The number of carbonyl (C=O) groups excluding carboxylic acids is 2. The fourth-order valence-corrected chi connectivity index (χ4v) is 0.980. The molecule has 0 aromatic carbocycles. The summed E-state index contributed by atoms with van der Waals surface area (Å²) >= 11 is 0. The van der Waals surface area contributed by atoms with Crippen molar-refractivity contribution in [3.8, 4) is 0 Å². The highest BCUT2D eigenvalue weighted by Gasteiger charge is 2.19. The molecule has 0 fully saturated rings. The second-order valence-corrected chi connectivity index (χ2v) is 3.89. The first-order valence-corrected chi connectivity index (χ1v) is 5.21. The molecule has 17 heavy (non-hydrogen) atoms. The molecule has 0 saturated heterocycles. The minimum atomic E-state index is -0.607. The second-order valence-electron chi connectivity index (χ2n) is 3.89. The molecule has 0 rings (SSSR count). The fourth-order valence-electron chi connectivity index (χ4n) is 0.980. The highest BCUT2D eigenvalue weighted by atomic mass is 16.6. The van der Waals surface area contributed by atoms with Crippen molar-refractivity contribution in [2.45, 2.75) is 25.9 Å². The molecule has 0 unspecified atom stereocenters. The van der Waals surface area contributed by atoms with Crippen LogP contribution in [0, 0.1) is 0 Å². The zero-order valence-electron chi connectivity index (χ0n) is 10.3. The van der Waals surface area contributed by atoms with E-state index in [9.17, 15) is 9.59 Å². The SMILES string of the molecule is C=CC(=O)OCC=CCC(C)(C)OC(=O)C=C. The summed E-state index contributed by atoms with van der Waals surface area (Å²) in [6, 6.07) is 0. The predicted octanol–water partition coefficient (Wildman–Crippen LogP) is 2.17. The van der Waals surface area contributed by atoms with E-state index in [1.54, 1.807) is 26.0 Å². The van der Waals surface area contributed by atoms with Gasteiger partial charge in [0.1, 0.15) is 12.2 Å². The Labute approximate surface area is 102 Å². The molecule has 0 aliphatic rings. The Morgan fingerprint density at radius 1 is 1.12 bits per heavy atom. The third-order valence-corrected chi connectivity index (χ3v) is 1.81. The summed E-state index contributed by atoms with van der Waals surface area (Å²) in [6.45, 7) is 10.3. The third-order valence-electron chi connectivity index (χ3n) is 1.81. The topological polar surface area (TPSA) is 52.6 Å². The second kappa shape index (κ2) is 7.44. The van der Waals surface area contributed by atoms with Crippen LogP contribution in [0.25, 0.3) is 0 Å². The minimum absolute atomic E-state index is 0.177. The molecule has 4 nitrogen and oxygen atoms in total. The summed E-state index contributed by atoms with van der Waals surface area (Å²) in [5.74, 6) is -0.923. The summed E-state index contributed by atoms with van der Waals surface area (Å²) in [5, 5.41) is 0. The van der Waals surface area contributed by atoms with Crippen LogP contribution in [0.1, 0.15) is 20.3 Å². The Bertz CT molecular complexity index is 326. The number of hydrogen-bond donors (Lipinski definition) is 0. The zero-order valence-corrected chi connectivity index (χ0v) is 10.3. The number of hydrogen-bond acceptors (Lipinski definition) is 4. The quantitative estimate of drug-likeness (QED) is 0.387. The molecule has 0 aromatic heterocycles. The molecule has 0 aliphatic carbocycles. The van der Waals surface area contributed by atoms with Crippen molar-refractivity contribution >= 4 is 11.9 Å². The van der Waals surface area contributed by atoms with Gasteiger partial charge < -0.3 is 9.47 Å². The molecule has 0 spiro atoms. The van der Waals surface area contributed by atoms with Gasteiger partial charge in [-0.2, -0.15) is 0 Å². The van der Waals surface area contributed by atoms with Gasteiger partial charge in [-0.15, -0.1) is 0 Å². The van der Waals surface area contributed by atoms with Crippen LogP contribution < -0.4 is 0 Å². The first kappa shape index (κ1) is 15.2. The van der Waals surface area contributed by atoms with Gasteiger partial charge >= 0.3 is 11.9 Å². The Morgan fingerprint density at radius 2 is 1.71 bits per heavy atom. The van der Waals surface area contributed by atoms with Gasteiger partial charge in [-0.1, -0.05) is 25.3 Å². The van der Waals surface area contributed by atoms with E-state index in [0.717, 1.165) is 12.2 Å². The zero-order chi connectivity index (χ0) is 13.3. The number of esters is 2. The van der Waals surface area contributed by atoms with Crippen LogP contribution in [-0.2, 0) is 19.1 Å². The normalized spacial score (nSPS) is 10.9. The van der Waals surface area contributed by atoms with Crippen LogP contribution in [0.5, 0.6) is 0 Å². The van der Waals surface area contributed by atoms with Gasteiger partial charge in [-0.25, -0.2) is 9.59 Å². The molecule has 0 amide bonds. The van der Waals surface area contributed by atoms with Crippen LogP contribution >= 0.6 is 0 Å². The summed E-state index contributed by atoms with van der Waals surface area (Å²) < 4.78 is 9.84.